The van der Waals surface area contributed by atoms with E-state index in [1.165, 1.54) is 11.8 Å². The molecule has 1 aliphatic heterocycles. The molecule has 2 fully saturated rings. The first kappa shape index (κ1) is 12.9. The molecule has 0 bridgehead atoms. The lowest BCUT2D eigenvalue weighted by atomic mass is 10.3. The number of carbonyl (C=O) groups excluding carboxylic acids is 1. The van der Waals surface area contributed by atoms with E-state index >= 15 is 0 Å². The molecule has 1 unspecified atom stereocenters. The van der Waals surface area contributed by atoms with Gasteiger partial charge in [-0.25, -0.2) is 4.68 Å². The maximum atomic E-state index is 12.3. The second-order valence-electron chi connectivity index (χ2n) is 4.83. The molecule has 1 aromatic heterocycles. The Morgan fingerprint density at radius 2 is 2.16 bits per heavy atom. The van der Waals surface area contributed by atoms with Crippen molar-refractivity contribution < 1.29 is 9.53 Å². The number of hydrogen-bond donors (Lipinski definition) is 0. The topological polar surface area (TPSA) is 73.1 Å². The molecule has 3 rings (SSSR count). The van der Waals surface area contributed by atoms with Crippen LogP contribution in [0.5, 0.6) is 0 Å². The van der Waals surface area contributed by atoms with Crippen LogP contribution in [0.3, 0.4) is 0 Å². The number of tetrazole rings is 1. The van der Waals surface area contributed by atoms with Gasteiger partial charge in [0.15, 0.2) is 0 Å². The number of thioether (sulfide) groups is 1. The van der Waals surface area contributed by atoms with Crippen LogP contribution in [0.25, 0.3) is 0 Å². The summed E-state index contributed by atoms with van der Waals surface area (Å²) in [4.78, 5) is 14.1. The summed E-state index contributed by atoms with van der Waals surface area (Å²) in [6, 6.07) is 0.434. The lowest BCUT2D eigenvalue weighted by molar-refractivity contribution is -0.134. The Morgan fingerprint density at radius 3 is 2.84 bits per heavy atom. The van der Waals surface area contributed by atoms with E-state index in [1.54, 1.807) is 0 Å². The number of nitrogens with zero attached hydrogens (tertiary/aromatic N) is 5. The number of aromatic nitrogens is 4. The van der Waals surface area contributed by atoms with Gasteiger partial charge in [0.05, 0.1) is 24.5 Å². The predicted molar refractivity (Wildman–Crippen MR) is 68.8 cm³/mol. The van der Waals surface area contributed by atoms with Crippen LogP contribution in [0.2, 0.25) is 0 Å². The molecular formula is C11H17N5O2S. The van der Waals surface area contributed by atoms with E-state index in [9.17, 15) is 4.79 Å². The SMILES string of the molecule is CC(Sc1nnnn1C1CC1)C(=O)N1CCOCC1. The van der Waals surface area contributed by atoms with Crippen LogP contribution in [0.4, 0.5) is 0 Å². The van der Waals surface area contributed by atoms with E-state index in [0.717, 1.165) is 18.0 Å². The smallest absolute Gasteiger partial charge is 0.236 e. The number of amides is 1. The highest BCUT2D eigenvalue weighted by molar-refractivity contribution is 8.00. The van der Waals surface area contributed by atoms with Gasteiger partial charge >= 0.3 is 0 Å². The predicted octanol–water partition coefficient (Wildman–Crippen LogP) is 0.347. The molecule has 2 heterocycles. The first-order valence-corrected chi connectivity index (χ1v) is 7.44. The van der Waals surface area contributed by atoms with Gasteiger partial charge in [-0.15, -0.1) is 5.10 Å². The fourth-order valence-electron chi connectivity index (χ4n) is 2.06. The maximum Gasteiger partial charge on any atom is 0.236 e. The van der Waals surface area contributed by atoms with Gasteiger partial charge in [-0.3, -0.25) is 4.79 Å². The first-order valence-electron chi connectivity index (χ1n) is 6.57. The number of hydrogen-bond acceptors (Lipinski definition) is 6. The lowest BCUT2D eigenvalue weighted by Crippen LogP contribution is -2.44. The van der Waals surface area contributed by atoms with Gasteiger partial charge in [0, 0.05) is 13.1 Å². The van der Waals surface area contributed by atoms with Crippen LogP contribution < -0.4 is 0 Å². The molecule has 2 aliphatic rings. The van der Waals surface area contributed by atoms with Crippen LogP contribution in [0, 0.1) is 0 Å². The number of rotatable bonds is 4. The molecule has 19 heavy (non-hydrogen) atoms. The second kappa shape index (κ2) is 5.46. The highest BCUT2D eigenvalue weighted by Gasteiger charge is 2.30. The molecular weight excluding hydrogens is 266 g/mol. The van der Waals surface area contributed by atoms with Crippen LogP contribution in [0.1, 0.15) is 25.8 Å². The molecule has 0 radical (unpaired) electrons. The standard InChI is InChI=1S/C11H17N5O2S/c1-8(10(17)15-4-6-18-7-5-15)19-11-12-13-14-16(11)9-2-3-9/h8-9H,2-7H2,1H3. The van der Waals surface area contributed by atoms with Gasteiger partial charge in [-0.05, 0) is 30.2 Å². The second-order valence-corrected chi connectivity index (χ2v) is 6.14. The third-order valence-electron chi connectivity index (χ3n) is 3.31. The normalized spacial score (nSPS) is 21.4. The van der Waals surface area contributed by atoms with E-state index in [0.29, 0.717) is 32.3 Å². The summed E-state index contributed by atoms with van der Waals surface area (Å²) < 4.78 is 7.10. The summed E-state index contributed by atoms with van der Waals surface area (Å²) in [5.74, 6) is 0.138. The van der Waals surface area contributed by atoms with Crippen molar-refractivity contribution >= 4 is 17.7 Å². The first-order chi connectivity index (χ1) is 9.25. The highest BCUT2D eigenvalue weighted by atomic mass is 32.2. The Morgan fingerprint density at radius 1 is 1.42 bits per heavy atom. The quantitative estimate of drug-likeness (QED) is 0.742. The molecule has 7 nitrogen and oxygen atoms in total. The van der Waals surface area contributed by atoms with Gasteiger partial charge in [0.25, 0.3) is 0 Å². The van der Waals surface area contributed by atoms with E-state index < -0.39 is 0 Å². The molecule has 0 aromatic carbocycles. The van der Waals surface area contributed by atoms with Crippen molar-refractivity contribution in [1.29, 1.82) is 0 Å². The van der Waals surface area contributed by atoms with Crippen LogP contribution in [-0.2, 0) is 9.53 Å². The molecule has 1 aliphatic carbocycles. The van der Waals surface area contributed by atoms with Crippen molar-refractivity contribution in [3.63, 3.8) is 0 Å². The van der Waals surface area contributed by atoms with Gasteiger partial charge in [0.2, 0.25) is 11.1 Å². The van der Waals surface area contributed by atoms with Crippen molar-refractivity contribution in [3.8, 4) is 0 Å². The van der Waals surface area contributed by atoms with Crippen molar-refractivity contribution in [3.05, 3.63) is 0 Å². The van der Waals surface area contributed by atoms with Crippen LogP contribution in [0.15, 0.2) is 5.16 Å². The molecule has 104 valence electrons. The fraction of sp³-hybridized carbons (Fsp3) is 0.818. The number of ether oxygens (including phenoxy) is 1. The van der Waals surface area contributed by atoms with Gasteiger partial charge in [-0.1, -0.05) is 11.8 Å². The molecule has 0 spiro atoms. The summed E-state index contributed by atoms with van der Waals surface area (Å²) in [5.41, 5.74) is 0. The zero-order chi connectivity index (χ0) is 13.2. The van der Waals surface area contributed by atoms with Gasteiger partial charge < -0.3 is 9.64 Å². The minimum atomic E-state index is -0.165. The Balaban J connectivity index is 1.61. The van der Waals surface area contributed by atoms with Crippen molar-refractivity contribution in [2.45, 2.75) is 36.2 Å². The summed E-state index contributed by atoms with van der Waals surface area (Å²) >= 11 is 1.44. The van der Waals surface area contributed by atoms with E-state index in [1.807, 2.05) is 16.5 Å². The average molecular weight is 283 g/mol. The molecule has 1 saturated carbocycles. The molecule has 1 atom stereocenters. The fourth-order valence-corrected chi connectivity index (χ4v) is 3.00. The minimum Gasteiger partial charge on any atom is -0.378 e. The van der Waals surface area contributed by atoms with E-state index in [4.69, 9.17) is 4.74 Å². The van der Waals surface area contributed by atoms with Gasteiger partial charge in [-0.2, -0.15) is 0 Å². The molecule has 8 heteroatoms. The largest absolute Gasteiger partial charge is 0.378 e. The summed E-state index contributed by atoms with van der Waals surface area (Å²) in [5, 5.41) is 12.3. The number of morpholine rings is 1. The Kier molecular flexibility index (Phi) is 3.69. The van der Waals surface area contributed by atoms with E-state index in [2.05, 4.69) is 15.5 Å². The third-order valence-corrected chi connectivity index (χ3v) is 4.34. The maximum absolute atomic E-state index is 12.3. The molecule has 1 saturated heterocycles. The Bertz CT molecular complexity index is 456. The average Bonchev–Trinajstić information content (AvgIpc) is 3.19. The van der Waals surface area contributed by atoms with Gasteiger partial charge in [0.1, 0.15) is 0 Å². The van der Waals surface area contributed by atoms with Crippen molar-refractivity contribution in [2.75, 3.05) is 26.3 Å². The minimum absolute atomic E-state index is 0.138. The van der Waals surface area contributed by atoms with Crippen LogP contribution >= 0.6 is 11.8 Å². The Labute approximate surface area is 115 Å². The summed E-state index contributed by atoms with van der Waals surface area (Å²) in [6.07, 6.45) is 2.26. The summed E-state index contributed by atoms with van der Waals surface area (Å²) in [6.45, 7) is 4.52. The number of carbonyl (C=O) groups is 1. The Hall–Kier alpha value is -1.15. The highest BCUT2D eigenvalue weighted by Crippen LogP contribution is 2.37. The van der Waals surface area contributed by atoms with Crippen molar-refractivity contribution in [1.82, 2.24) is 25.1 Å². The zero-order valence-corrected chi connectivity index (χ0v) is 11.7. The van der Waals surface area contributed by atoms with Crippen molar-refractivity contribution in [2.24, 2.45) is 0 Å². The summed E-state index contributed by atoms with van der Waals surface area (Å²) in [7, 11) is 0. The molecule has 1 amide bonds. The lowest BCUT2D eigenvalue weighted by Gasteiger charge is -2.28. The molecule has 0 N–H and O–H groups in total. The molecule has 1 aromatic rings. The third kappa shape index (κ3) is 2.89. The van der Waals surface area contributed by atoms with E-state index in [-0.39, 0.29) is 11.2 Å². The van der Waals surface area contributed by atoms with Crippen LogP contribution in [-0.4, -0.2) is 62.6 Å². The monoisotopic (exact) mass is 283 g/mol. The zero-order valence-electron chi connectivity index (χ0n) is 10.9.